The normalized spacial score (nSPS) is 11.7. The van der Waals surface area contributed by atoms with Gasteiger partial charge in [0.05, 0.1) is 6.26 Å². The summed E-state index contributed by atoms with van der Waals surface area (Å²) in [5.41, 5.74) is 0. The van der Waals surface area contributed by atoms with Crippen molar-refractivity contribution in [1.29, 1.82) is 0 Å². The molecule has 3 aromatic rings. The van der Waals surface area contributed by atoms with Crippen LogP contribution in [0.15, 0.2) is 34.1 Å². The minimum atomic E-state index is 0.560. The standard InChI is InChI=1S/C17H25N9O/c1-3-15-24-21-12-26(15)10-9-20-17(18-4-2)19-8-7-14-22-16(25-23-14)13-6-5-11-27-13/h5-6,11-12H,3-4,7-10H2,1-2H3,(H2,18,19,20)(H,22,23,25). The Kier molecular flexibility index (Phi) is 6.55. The van der Waals surface area contributed by atoms with Crippen LogP contribution in [0.5, 0.6) is 0 Å². The number of furan rings is 1. The number of aromatic nitrogens is 6. The van der Waals surface area contributed by atoms with Gasteiger partial charge >= 0.3 is 0 Å². The van der Waals surface area contributed by atoms with Gasteiger partial charge in [-0.1, -0.05) is 6.92 Å². The van der Waals surface area contributed by atoms with Gasteiger partial charge in [-0.25, -0.2) is 4.98 Å². The van der Waals surface area contributed by atoms with Gasteiger partial charge in [0.2, 0.25) is 5.82 Å². The lowest BCUT2D eigenvalue weighted by molar-refractivity contribution is 0.577. The van der Waals surface area contributed by atoms with Gasteiger partial charge in [0.15, 0.2) is 11.7 Å². The highest BCUT2D eigenvalue weighted by molar-refractivity contribution is 5.79. The molecule has 0 fully saturated rings. The highest BCUT2D eigenvalue weighted by atomic mass is 16.3. The SMILES string of the molecule is CCNC(=NCCc1nc(-c2ccco2)n[nH]1)NCCn1cnnc1CC. The largest absolute Gasteiger partial charge is 0.461 e. The Morgan fingerprint density at radius 2 is 2.26 bits per heavy atom. The van der Waals surface area contributed by atoms with Crippen molar-refractivity contribution < 1.29 is 4.42 Å². The van der Waals surface area contributed by atoms with Gasteiger partial charge < -0.3 is 19.6 Å². The van der Waals surface area contributed by atoms with Crippen molar-refractivity contribution in [2.75, 3.05) is 19.6 Å². The van der Waals surface area contributed by atoms with Crippen molar-refractivity contribution in [3.63, 3.8) is 0 Å². The highest BCUT2D eigenvalue weighted by Crippen LogP contribution is 2.14. The average molecular weight is 371 g/mol. The van der Waals surface area contributed by atoms with Gasteiger partial charge in [0.25, 0.3) is 0 Å². The molecule has 0 saturated carbocycles. The van der Waals surface area contributed by atoms with E-state index in [1.54, 1.807) is 12.6 Å². The molecule has 3 heterocycles. The maximum Gasteiger partial charge on any atom is 0.216 e. The number of hydrogen-bond donors (Lipinski definition) is 3. The first-order valence-electron chi connectivity index (χ1n) is 9.14. The summed E-state index contributed by atoms with van der Waals surface area (Å²) < 4.78 is 7.34. The second-order valence-corrected chi connectivity index (χ2v) is 5.81. The monoisotopic (exact) mass is 371 g/mol. The number of hydrogen-bond acceptors (Lipinski definition) is 6. The van der Waals surface area contributed by atoms with Gasteiger partial charge in [-0.05, 0) is 19.1 Å². The summed E-state index contributed by atoms with van der Waals surface area (Å²) >= 11 is 0. The van der Waals surface area contributed by atoms with Gasteiger partial charge in [0, 0.05) is 39.0 Å². The lowest BCUT2D eigenvalue weighted by Gasteiger charge is -2.12. The molecule has 27 heavy (non-hydrogen) atoms. The van der Waals surface area contributed by atoms with Crippen LogP contribution in [0, 0.1) is 0 Å². The minimum absolute atomic E-state index is 0.560. The zero-order valence-corrected chi connectivity index (χ0v) is 15.6. The van der Waals surface area contributed by atoms with E-state index in [-0.39, 0.29) is 0 Å². The number of aromatic amines is 1. The lowest BCUT2D eigenvalue weighted by Crippen LogP contribution is -2.39. The number of nitrogens with zero attached hydrogens (tertiary/aromatic N) is 6. The molecule has 3 rings (SSSR count). The number of guanidine groups is 1. The van der Waals surface area contributed by atoms with Crippen LogP contribution in [-0.2, 0) is 19.4 Å². The van der Waals surface area contributed by atoms with E-state index in [0.29, 0.717) is 24.6 Å². The van der Waals surface area contributed by atoms with E-state index < -0.39 is 0 Å². The molecule has 0 aliphatic heterocycles. The van der Waals surface area contributed by atoms with Gasteiger partial charge in [-0.3, -0.25) is 10.1 Å². The van der Waals surface area contributed by atoms with E-state index in [1.165, 1.54) is 0 Å². The van der Waals surface area contributed by atoms with Crippen LogP contribution < -0.4 is 10.6 Å². The Bertz CT molecular complexity index is 834. The first-order valence-corrected chi connectivity index (χ1v) is 9.14. The van der Waals surface area contributed by atoms with E-state index >= 15 is 0 Å². The van der Waals surface area contributed by atoms with Crippen molar-refractivity contribution in [3.05, 3.63) is 36.4 Å². The van der Waals surface area contributed by atoms with E-state index in [4.69, 9.17) is 4.42 Å². The molecule has 3 aromatic heterocycles. The van der Waals surface area contributed by atoms with Crippen LogP contribution in [-0.4, -0.2) is 55.5 Å². The molecule has 0 aliphatic carbocycles. The first kappa shape index (κ1) is 18.6. The van der Waals surface area contributed by atoms with Gasteiger partial charge in [0.1, 0.15) is 18.0 Å². The maximum atomic E-state index is 5.30. The second-order valence-electron chi connectivity index (χ2n) is 5.81. The molecule has 0 saturated heterocycles. The van der Waals surface area contributed by atoms with Crippen molar-refractivity contribution >= 4 is 5.96 Å². The van der Waals surface area contributed by atoms with E-state index in [1.807, 2.05) is 23.6 Å². The molecule has 0 bridgehead atoms. The first-order chi connectivity index (χ1) is 13.3. The Balaban J connectivity index is 1.48. The van der Waals surface area contributed by atoms with Crippen molar-refractivity contribution in [3.8, 4) is 11.6 Å². The topological polar surface area (TPSA) is 122 Å². The number of aliphatic imine (C=N–C) groups is 1. The second kappa shape index (κ2) is 9.51. The molecule has 10 nitrogen and oxygen atoms in total. The summed E-state index contributed by atoms with van der Waals surface area (Å²) in [5, 5.41) is 21.7. The Labute approximate surface area is 157 Å². The minimum Gasteiger partial charge on any atom is -0.461 e. The molecule has 0 spiro atoms. The van der Waals surface area contributed by atoms with Gasteiger partial charge in [-0.15, -0.1) is 10.2 Å². The van der Waals surface area contributed by atoms with Crippen LogP contribution in [0.25, 0.3) is 11.6 Å². The maximum absolute atomic E-state index is 5.30. The summed E-state index contributed by atoms with van der Waals surface area (Å²) in [4.78, 5) is 9.01. The van der Waals surface area contributed by atoms with E-state index in [0.717, 1.165) is 43.7 Å². The summed E-state index contributed by atoms with van der Waals surface area (Å²) in [7, 11) is 0. The third-order valence-electron chi connectivity index (χ3n) is 3.89. The highest BCUT2D eigenvalue weighted by Gasteiger charge is 2.08. The molecule has 0 unspecified atom stereocenters. The molecule has 0 aromatic carbocycles. The zero-order chi connectivity index (χ0) is 18.9. The third kappa shape index (κ3) is 5.16. The fraction of sp³-hybridized carbons (Fsp3) is 0.471. The molecule has 3 N–H and O–H groups in total. The van der Waals surface area contributed by atoms with Crippen LogP contribution in [0.3, 0.4) is 0 Å². The molecule has 0 radical (unpaired) electrons. The zero-order valence-electron chi connectivity index (χ0n) is 15.6. The Morgan fingerprint density at radius 3 is 3.04 bits per heavy atom. The molecule has 144 valence electrons. The summed E-state index contributed by atoms with van der Waals surface area (Å²) in [6, 6.07) is 3.64. The predicted molar refractivity (Wildman–Crippen MR) is 101 cm³/mol. The van der Waals surface area contributed by atoms with Crippen LogP contribution in [0.4, 0.5) is 0 Å². The number of nitrogens with one attached hydrogen (secondary N) is 3. The van der Waals surface area contributed by atoms with Crippen LogP contribution >= 0.6 is 0 Å². The molecule has 10 heteroatoms. The number of H-pyrrole nitrogens is 1. The average Bonchev–Trinajstić information content (AvgIpc) is 3.42. The molecular formula is C17H25N9O. The van der Waals surface area contributed by atoms with Crippen molar-refractivity contribution in [1.82, 2.24) is 40.6 Å². The Hall–Kier alpha value is -3.17. The predicted octanol–water partition coefficient (Wildman–Crippen LogP) is 1.02. The van der Waals surface area contributed by atoms with Crippen molar-refractivity contribution in [2.45, 2.75) is 33.2 Å². The summed E-state index contributed by atoms with van der Waals surface area (Å²) in [6.45, 7) is 7.02. The fourth-order valence-corrected chi connectivity index (χ4v) is 2.57. The van der Waals surface area contributed by atoms with E-state index in [2.05, 4.69) is 47.9 Å². The Morgan fingerprint density at radius 1 is 1.33 bits per heavy atom. The van der Waals surface area contributed by atoms with Crippen LogP contribution in [0.1, 0.15) is 25.5 Å². The molecular weight excluding hydrogens is 346 g/mol. The van der Waals surface area contributed by atoms with E-state index in [9.17, 15) is 0 Å². The summed E-state index contributed by atoms with van der Waals surface area (Å²) in [5.74, 6) is 3.74. The lowest BCUT2D eigenvalue weighted by atomic mass is 10.4. The molecule has 0 atom stereocenters. The quantitative estimate of drug-likeness (QED) is 0.379. The number of rotatable bonds is 9. The fourth-order valence-electron chi connectivity index (χ4n) is 2.57. The third-order valence-corrected chi connectivity index (χ3v) is 3.89. The molecule has 0 amide bonds. The van der Waals surface area contributed by atoms with Crippen molar-refractivity contribution in [2.24, 2.45) is 4.99 Å². The van der Waals surface area contributed by atoms with Gasteiger partial charge in [-0.2, -0.15) is 5.10 Å². The van der Waals surface area contributed by atoms with Crippen LogP contribution in [0.2, 0.25) is 0 Å². The summed E-state index contributed by atoms with van der Waals surface area (Å²) in [6.07, 6.45) is 4.89. The molecule has 0 aliphatic rings. The smallest absolute Gasteiger partial charge is 0.216 e. The number of aryl methyl sites for hydroxylation is 1.